The highest BCUT2D eigenvalue weighted by molar-refractivity contribution is 5.79. The van der Waals surface area contributed by atoms with Crippen LogP contribution in [0.2, 0.25) is 0 Å². The van der Waals surface area contributed by atoms with Gasteiger partial charge in [0.1, 0.15) is 5.54 Å². The lowest BCUT2D eigenvalue weighted by molar-refractivity contribution is -0.153. The molecule has 0 bridgehead atoms. The first-order valence-electron chi connectivity index (χ1n) is 7.30. The molecular formula is C14H25NO3. The minimum atomic E-state index is -0.726. The van der Waals surface area contributed by atoms with E-state index in [-0.39, 0.29) is 12.1 Å². The summed E-state index contributed by atoms with van der Waals surface area (Å²) in [4.78, 5) is 13.8. The largest absolute Gasteiger partial charge is 0.480 e. The van der Waals surface area contributed by atoms with E-state index in [1.54, 1.807) is 0 Å². The van der Waals surface area contributed by atoms with Gasteiger partial charge in [-0.2, -0.15) is 0 Å². The van der Waals surface area contributed by atoms with E-state index in [9.17, 15) is 15.0 Å². The Labute approximate surface area is 109 Å². The molecule has 4 heteroatoms. The van der Waals surface area contributed by atoms with E-state index in [4.69, 9.17) is 0 Å². The zero-order valence-electron chi connectivity index (χ0n) is 11.3. The predicted molar refractivity (Wildman–Crippen MR) is 69.5 cm³/mol. The van der Waals surface area contributed by atoms with E-state index in [2.05, 4.69) is 4.90 Å². The van der Waals surface area contributed by atoms with Crippen molar-refractivity contribution < 1.29 is 15.0 Å². The lowest BCUT2D eigenvalue weighted by atomic mass is 9.90. The van der Waals surface area contributed by atoms with Gasteiger partial charge < -0.3 is 10.2 Å². The minimum absolute atomic E-state index is 0.0473. The molecule has 2 rings (SSSR count). The number of hydrogen-bond acceptors (Lipinski definition) is 3. The molecule has 4 nitrogen and oxygen atoms in total. The van der Waals surface area contributed by atoms with Gasteiger partial charge in [0.05, 0.1) is 6.10 Å². The molecule has 0 amide bonds. The number of carbonyl (C=O) groups is 1. The summed E-state index contributed by atoms with van der Waals surface area (Å²) in [6, 6.07) is 0.0473. The van der Waals surface area contributed by atoms with Crippen LogP contribution in [0.4, 0.5) is 0 Å². The minimum Gasteiger partial charge on any atom is -0.480 e. The SMILES string of the molecule is CCC1(C(=O)O)CCCN1C1CCCCCC1O. The maximum Gasteiger partial charge on any atom is 0.324 e. The second-order valence-electron chi connectivity index (χ2n) is 5.76. The van der Waals surface area contributed by atoms with Crippen molar-refractivity contribution in [2.75, 3.05) is 6.54 Å². The molecule has 0 aromatic heterocycles. The van der Waals surface area contributed by atoms with Crippen LogP contribution in [0.1, 0.15) is 58.3 Å². The topological polar surface area (TPSA) is 60.8 Å². The van der Waals surface area contributed by atoms with Crippen LogP contribution in [0, 0.1) is 0 Å². The Kier molecular flexibility index (Phi) is 4.28. The second-order valence-corrected chi connectivity index (χ2v) is 5.76. The molecule has 1 saturated carbocycles. The first-order chi connectivity index (χ1) is 8.62. The van der Waals surface area contributed by atoms with Gasteiger partial charge in [0, 0.05) is 6.04 Å². The third kappa shape index (κ3) is 2.28. The van der Waals surface area contributed by atoms with Crippen LogP contribution < -0.4 is 0 Å². The highest BCUT2D eigenvalue weighted by Gasteiger charge is 2.50. The van der Waals surface area contributed by atoms with Crippen LogP contribution in [0.15, 0.2) is 0 Å². The Hall–Kier alpha value is -0.610. The van der Waals surface area contributed by atoms with Crippen LogP contribution in [0.3, 0.4) is 0 Å². The van der Waals surface area contributed by atoms with E-state index >= 15 is 0 Å². The summed E-state index contributed by atoms with van der Waals surface area (Å²) in [5, 5.41) is 19.9. The number of aliphatic carboxylic acids is 1. The molecule has 3 atom stereocenters. The molecule has 2 N–H and O–H groups in total. The van der Waals surface area contributed by atoms with Crippen LogP contribution >= 0.6 is 0 Å². The first-order valence-corrected chi connectivity index (χ1v) is 7.30. The smallest absolute Gasteiger partial charge is 0.324 e. The van der Waals surface area contributed by atoms with Gasteiger partial charge in [-0.3, -0.25) is 9.69 Å². The Balaban J connectivity index is 2.21. The average Bonchev–Trinajstić information content (AvgIpc) is 2.67. The van der Waals surface area contributed by atoms with Gasteiger partial charge in [0.2, 0.25) is 0 Å². The van der Waals surface area contributed by atoms with E-state index < -0.39 is 11.5 Å². The molecule has 0 aromatic rings. The number of carboxylic acids is 1. The molecule has 0 aromatic carbocycles. The average molecular weight is 255 g/mol. The van der Waals surface area contributed by atoms with E-state index in [0.717, 1.165) is 51.5 Å². The Morgan fingerprint density at radius 2 is 2.00 bits per heavy atom. The lowest BCUT2D eigenvalue weighted by Crippen LogP contribution is -2.57. The predicted octanol–water partition coefficient (Wildman–Crippen LogP) is 2.01. The van der Waals surface area contributed by atoms with Crippen LogP contribution in [-0.2, 0) is 4.79 Å². The van der Waals surface area contributed by atoms with Gasteiger partial charge in [-0.1, -0.05) is 26.2 Å². The van der Waals surface area contributed by atoms with Gasteiger partial charge in [-0.05, 0) is 38.6 Å². The molecule has 1 aliphatic heterocycles. The quantitative estimate of drug-likeness (QED) is 0.757. The summed E-state index contributed by atoms with van der Waals surface area (Å²) >= 11 is 0. The molecule has 2 aliphatic rings. The summed E-state index contributed by atoms with van der Waals surface area (Å²) in [5.41, 5.74) is -0.726. The molecule has 1 saturated heterocycles. The fourth-order valence-corrected chi connectivity index (χ4v) is 3.78. The second kappa shape index (κ2) is 5.57. The van der Waals surface area contributed by atoms with Crippen molar-refractivity contribution in [2.24, 2.45) is 0 Å². The number of rotatable bonds is 3. The maximum absolute atomic E-state index is 11.7. The zero-order chi connectivity index (χ0) is 13.2. The van der Waals surface area contributed by atoms with Gasteiger partial charge >= 0.3 is 5.97 Å². The Bertz CT molecular complexity index is 307. The molecule has 104 valence electrons. The standard InChI is InChI=1S/C14H25NO3/c1-2-14(13(17)18)9-6-10-15(14)11-7-4-3-5-8-12(11)16/h11-12,16H,2-10H2,1H3,(H,17,18). The van der Waals surface area contributed by atoms with Crippen molar-refractivity contribution in [3.63, 3.8) is 0 Å². The van der Waals surface area contributed by atoms with Crippen LogP contribution in [0.25, 0.3) is 0 Å². The number of nitrogens with zero attached hydrogens (tertiary/aromatic N) is 1. The van der Waals surface area contributed by atoms with Crippen molar-refractivity contribution in [3.8, 4) is 0 Å². The number of hydrogen-bond donors (Lipinski definition) is 2. The Morgan fingerprint density at radius 1 is 1.28 bits per heavy atom. The van der Waals surface area contributed by atoms with Gasteiger partial charge in [0.15, 0.2) is 0 Å². The Morgan fingerprint density at radius 3 is 2.67 bits per heavy atom. The molecule has 1 aliphatic carbocycles. The van der Waals surface area contributed by atoms with Gasteiger partial charge in [-0.25, -0.2) is 0 Å². The third-order valence-corrected chi connectivity index (χ3v) is 4.87. The van der Waals surface area contributed by atoms with Crippen molar-refractivity contribution >= 4 is 5.97 Å². The highest BCUT2D eigenvalue weighted by Crippen LogP contribution is 2.38. The zero-order valence-corrected chi connectivity index (χ0v) is 11.3. The molecule has 3 unspecified atom stereocenters. The molecule has 0 radical (unpaired) electrons. The molecule has 1 heterocycles. The van der Waals surface area contributed by atoms with Crippen molar-refractivity contribution in [2.45, 2.75) is 76.0 Å². The van der Waals surface area contributed by atoms with Gasteiger partial charge in [-0.15, -0.1) is 0 Å². The summed E-state index contributed by atoms with van der Waals surface area (Å²) < 4.78 is 0. The van der Waals surface area contributed by atoms with Crippen LogP contribution in [0.5, 0.6) is 0 Å². The molecular weight excluding hydrogens is 230 g/mol. The van der Waals surface area contributed by atoms with Crippen molar-refractivity contribution in [3.05, 3.63) is 0 Å². The molecule has 0 spiro atoms. The fraction of sp³-hybridized carbons (Fsp3) is 0.929. The van der Waals surface area contributed by atoms with E-state index in [1.165, 1.54) is 0 Å². The monoisotopic (exact) mass is 255 g/mol. The van der Waals surface area contributed by atoms with Crippen molar-refractivity contribution in [1.29, 1.82) is 0 Å². The summed E-state index contributed by atoms with van der Waals surface area (Å²) in [7, 11) is 0. The third-order valence-electron chi connectivity index (χ3n) is 4.87. The normalized spacial score (nSPS) is 38.6. The molecule has 2 fully saturated rings. The van der Waals surface area contributed by atoms with E-state index in [0.29, 0.717) is 6.42 Å². The highest BCUT2D eigenvalue weighted by atomic mass is 16.4. The number of carboxylic acid groups (broad SMARTS) is 1. The number of aliphatic hydroxyl groups excluding tert-OH is 1. The van der Waals surface area contributed by atoms with Crippen LogP contribution in [-0.4, -0.2) is 45.3 Å². The van der Waals surface area contributed by atoms with Gasteiger partial charge in [0.25, 0.3) is 0 Å². The molecule has 18 heavy (non-hydrogen) atoms. The maximum atomic E-state index is 11.7. The summed E-state index contributed by atoms with van der Waals surface area (Å²) in [6.45, 7) is 2.78. The van der Waals surface area contributed by atoms with E-state index in [1.807, 2.05) is 6.92 Å². The number of likely N-dealkylation sites (tertiary alicyclic amines) is 1. The number of aliphatic hydroxyl groups is 1. The first kappa shape index (κ1) is 13.8. The summed E-state index contributed by atoms with van der Waals surface area (Å²) in [5.74, 6) is -0.709. The van der Waals surface area contributed by atoms with Crippen molar-refractivity contribution in [1.82, 2.24) is 4.90 Å². The lowest BCUT2D eigenvalue weighted by Gasteiger charge is -2.41. The fourth-order valence-electron chi connectivity index (χ4n) is 3.78. The summed E-state index contributed by atoms with van der Waals surface area (Å²) in [6.07, 6.45) is 7.03.